The fourth-order valence-corrected chi connectivity index (χ4v) is 3.61. The minimum atomic E-state index is -0.680. The topological polar surface area (TPSA) is 84.4 Å². The number of amides is 1. The standard InChI is InChI=1S/C23H28N2O5/c1-15(2)30-17-10-8-16(9-11-17)20-19(21(26)18-7-5-14-29-18)22(27)23(28)25(20)13-6-12-24(3)4/h5,7-11,14-15,20,27H,6,12-13H2,1-4H3/p+1/t20-/m1/s1. The summed E-state index contributed by atoms with van der Waals surface area (Å²) in [5.41, 5.74) is 0.778. The van der Waals surface area contributed by atoms with Gasteiger partial charge in [0.2, 0.25) is 5.78 Å². The first-order valence-corrected chi connectivity index (χ1v) is 10.2. The maximum atomic E-state index is 13.1. The quantitative estimate of drug-likeness (QED) is 0.616. The molecule has 0 unspecified atom stereocenters. The van der Waals surface area contributed by atoms with Crippen molar-refractivity contribution >= 4 is 11.7 Å². The number of carbonyl (C=O) groups excluding carboxylic acids is 2. The molecule has 7 heteroatoms. The van der Waals surface area contributed by atoms with Crippen molar-refractivity contribution in [3.63, 3.8) is 0 Å². The van der Waals surface area contributed by atoms with Gasteiger partial charge in [-0.1, -0.05) is 12.1 Å². The number of aliphatic hydroxyl groups excluding tert-OH is 1. The summed E-state index contributed by atoms with van der Waals surface area (Å²) in [5, 5.41) is 10.6. The number of Topliss-reactive ketones (excluding diaryl/α,β-unsaturated/α-hetero) is 1. The monoisotopic (exact) mass is 413 g/mol. The Labute approximate surface area is 176 Å². The van der Waals surface area contributed by atoms with E-state index in [1.807, 2.05) is 52.2 Å². The molecule has 2 heterocycles. The first kappa shape index (κ1) is 21.6. The molecule has 3 rings (SSSR count). The highest BCUT2D eigenvalue weighted by Gasteiger charge is 2.44. The molecule has 0 saturated carbocycles. The Bertz CT molecular complexity index is 914. The molecule has 1 aliphatic heterocycles. The van der Waals surface area contributed by atoms with Crippen molar-refractivity contribution in [2.45, 2.75) is 32.4 Å². The van der Waals surface area contributed by atoms with Crippen molar-refractivity contribution in [1.82, 2.24) is 4.90 Å². The Kier molecular flexibility index (Phi) is 6.62. The Morgan fingerprint density at radius 1 is 1.23 bits per heavy atom. The lowest BCUT2D eigenvalue weighted by atomic mass is 9.95. The fraction of sp³-hybridized carbons (Fsp3) is 0.391. The van der Waals surface area contributed by atoms with Gasteiger partial charge in [0.15, 0.2) is 11.5 Å². The molecule has 160 valence electrons. The number of carbonyl (C=O) groups is 2. The average Bonchev–Trinajstić information content (AvgIpc) is 3.30. The number of furan rings is 1. The van der Waals surface area contributed by atoms with Crippen molar-refractivity contribution in [3.05, 3.63) is 65.3 Å². The van der Waals surface area contributed by atoms with Crippen LogP contribution in [0.25, 0.3) is 0 Å². The van der Waals surface area contributed by atoms with E-state index in [9.17, 15) is 14.7 Å². The highest BCUT2D eigenvalue weighted by molar-refractivity contribution is 6.15. The zero-order valence-corrected chi connectivity index (χ0v) is 17.8. The van der Waals surface area contributed by atoms with Crippen LogP contribution in [-0.2, 0) is 4.79 Å². The largest absolute Gasteiger partial charge is 0.503 e. The minimum absolute atomic E-state index is 0.0361. The minimum Gasteiger partial charge on any atom is -0.503 e. The van der Waals surface area contributed by atoms with Crippen LogP contribution in [0.3, 0.4) is 0 Å². The molecule has 0 saturated heterocycles. The molecule has 1 aromatic heterocycles. The van der Waals surface area contributed by atoms with Crippen molar-refractivity contribution in [2.24, 2.45) is 0 Å². The summed E-state index contributed by atoms with van der Waals surface area (Å²) in [6, 6.07) is 9.73. The molecular weight excluding hydrogens is 384 g/mol. The number of nitrogens with one attached hydrogen (secondary N) is 1. The second kappa shape index (κ2) is 9.17. The van der Waals surface area contributed by atoms with Gasteiger partial charge >= 0.3 is 0 Å². The maximum Gasteiger partial charge on any atom is 0.290 e. The molecule has 0 bridgehead atoms. The van der Waals surface area contributed by atoms with Gasteiger partial charge < -0.3 is 24.1 Å². The maximum absolute atomic E-state index is 13.1. The summed E-state index contributed by atoms with van der Waals surface area (Å²) in [6.07, 6.45) is 2.18. The van der Waals surface area contributed by atoms with E-state index in [1.165, 1.54) is 17.2 Å². The van der Waals surface area contributed by atoms with Gasteiger partial charge in [-0.15, -0.1) is 0 Å². The Morgan fingerprint density at radius 2 is 1.93 bits per heavy atom. The Hall–Kier alpha value is -3.06. The van der Waals surface area contributed by atoms with E-state index in [4.69, 9.17) is 9.15 Å². The van der Waals surface area contributed by atoms with Gasteiger partial charge in [-0.2, -0.15) is 0 Å². The van der Waals surface area contributed by atoms with Crippen LogP contribution < -0.4 is 9.64 Å². The van der Waals surface area contributed by atoms with Gasteiger partial charge in [-0.25, -0.2) is 0 Å². The summed E-state index contributed by atoms with van der Waals surface area (Å²) in [7, 11) is 4.08. The van der Waals surface area contributed by atoms with Gasteiger partial charge in [0.1, 0.15) is 5.75 Å². The molecule has 2 N–H and O–H groups in total. The van der Waals surface area contributed by atoms with Gasteiger partial charge in [-0.05, 0) is 43.7 Å². The molecule has 1 atom stereocenters. The van der Waals surface area contributed by atoms with E-state index in [0.717, 1.165) is 18.5 Å². The molecule has 1 amide bonds. The zero-order chi connectivity index (χ0) is 21.8. The predicted molar refractivity (Wildman–Crippen MR) is 112 cm³/mol. The van der Waals surface area contributed by atoms with Crippen molar-refractivity contribution in [3.8, 4) is 5.75 Å². The third-order valence-electron chi connectivity index (χ3n) is 4.94. The van der Waals surface area contributed by atoms with Crippen LogP contribution in [0, 0.1) is 0 Å². The number of hydrogen-bond donors (Lipinski definition) is 2. The SMILES string of the molecule is CC(C)Oc1ccc([C@@H]2C(C(=O)c3ccco3)=C(O)C(=O)N2CCC[NH+](C)C)cc1. The molecule has 0 radical (unpaired) electrons. The van der Waals surface area contributed by atoms with Crippen LogP contribution in [0.15, 0.2) is 58.4 Å². The predicted octanol–water partition coefficient (Wildman–Crippen LogP) is 2.18. The number of nitrogens with zero attached hydrogens (tertiary/aromatic N) is 1. The third kappa shape index (κ3) is 4.57. The van der Waals surface area contributed by atoms with E-state index < -0.39 is 23.5 Å². The normalized spacial score (nSPS) is 16.8. The molecule has 0 fully saturated rings. The number of hydrogen-bond acceptors (Lipinski definition) is 5. The lowest BCUT2D eigenvalue weighted by molar-refractivity contribution is -0.858. The number of ketones is 1. The first-order valence-electron chi connectivity index (χ1n) is 10.2. The number of benzene rings is 1. The van der Waals surface area contributed by atoms with Crippen molar-refractivity contribution in [2.75, 3.05) is 27.2 Å². The molecule has 0 spiro atoms. The lowest BCUT2D eigenvalue weighted by Crippen LogP contribution is -3.05. The van der Waals surface area contributed by atoms with Crippen LogP contribution >= 0.6 is 0 Å². The van der Waals surface area contributed by atoms with E-state index in [0.29, 0.717) is 12.3 Å². The second-order valence-electron chi connectivity index (χ2n) is 8.02. The molecule has 1 aliphatic rings. The Morgan fingerprint density at radius 3 is 2.50 bits per heavy atom. The highest BCUT2D eigenvalue weighted by atomic mass is 16.5. The zero-order valence-electron chi connectivity index (χ0n) is 17.8. The first-order chi connectivity index (χ1) is 14.3. The van der Waals surface area contributed by atoms with Crippen LogP contribution in [0.2, 0.25) is 0 Å². The lowest BCUT2D eigenvalue weighted by Gasteiger charge is -2.27. The van der Waals surface area contributed by atoms with Crippen LogP contribution in [-0.4, -0.2) is 55.0 Å². The number of rotatable bonds is 9. The number of ether oxygens (including phenoxy) is 1. The molecular formula is C23H29N2O5+. The highest BCUT2D eigenvalue weighted by Crippen LogP contribution is 2.39. The molecule has 0 aliphatic carbocycles. The summed E-state index contributed by atoms with van der Waals surface area (Å²) in [4.78, 5) is 28.8. The Balaban J connectivity index is 1.96. The number of quaternary nitrogens is 1. The summed E-state index contributed by atoms with van der Waals surface area (Å²) >= 11 is 0. The fourth-order valence-electron chi connectivity index (χ4n) is 3.61. The van der Waals surface area contributed by atoms with Gasteiger partial charge in [0, 0.05) is 13.0 Å². The molecule has 7 nitrogen and oxygen atoms in total. The molecule has 2 aromatic rings. The van der Waals surface area contributed by atoms with Crippen molar-refractivity contribution < 1.29 is 28.7 Å². The van der Waals surface area contributed by atoms with Gasteiger partial charge in [-0.3, -0.25) is 9.59 Å². The average molecular weight is 413 g/mol. The molecule has 1 aromatic carbocycles. The van der Waals surface area contributed by atoms with Crippen molar-refractivity contribution in [1.29, 1.82) is 0 Å². The summed E-state index contributed by atoms with van der Waals surface area (Å²) < 4.78 is 10.9. The second-order valence-corrected chi connectivity index (χ2v) is 8.02. The van der Waals surface area contributed by atoms with Gasteiger partial charge in [0.05, 0.1) is 44.6 Å². The van der Waals surface area contributed by atoms with E-state index >= 15 is 0 Å². The van der Waals surface area contributed by atoms with Crippen LogP contribution in [0.1, 0.15) is 42.4 Å². The third-order valence-corrected chi connectivity index (χ3v) is 4.94. The summed E-state index contributed by atoms with van der Waals surface area (Å²) in [6.45, 7) is 5.18. The molecule has 30 heavy (non-hydrogen) atoms. The van der Waals surface area contributed by atoms with E-state index in [2.05, 4.69) is 0 Å². The van der Waals surface area contributed by atoms with Crippen LogP contribution in [0.5, 0.6) is 5.75 Å². The van der Waals surface area contributed by atoms with E-state index in [-0.39, 0.29) is 17.4 Å². The summed E-state index contributed by atoms with van der Waals surface area (Å²) in [5.74, 6) is -0.743. The van der Waals surface area contributed by atoms with E-state index in [1.54, 1.807) is 11.0 Å². The van der Waals surface area contributed by atoms with Gasteiger partial charge in [0.25, 0.3) is 5.91 Å². The number of aliphatic hydroxyl groups is 1. The smallest absolute Gasteiger partial charge is 0.290 e. The van der Waals surface area contributed by atoms with Crippen LogP contribution in [0.4, 0.5) is 0 Å².